The van der Waals surface area contributed by atoms with Crippen molar-refractivity contribution in [2.24, 2.45) is 0 Å². The van der Waals surface area contributed by atoms with Crippen LogP contribution in [-0.4, -0.2) is 43.5 Å². The van der Waals surface area contributed by atoms with Gasteiger partial charge in [-0.05, 0) is 37.1 Å². The first-order valence-electron chi connectivity index (χ1n) is 7.41. The number of carbonyl (C=O) groups excluding carboxylic acids is 1. The molecule has 0 heterocycles. The van der Waals surface area contributed by atoms with Crippen molar-refractivity contribution in [2.45, 2.75) is 37.8 Å². The van der Waals surface area contributed by atoms with E-state index in [1.54, 1.807) is 24.3 Å². The fraction of sp³-hybridized carbons (Fsp3) is 0.562. The number of hydrogen-bond acceptors (Lipinski definition) is 5. The minimum atomic E-state index is -0.536. The normalized spacial score (nSPS) is 15.9. The van der Waals surface area contributed by atoms with Crippen LogP contribution in [0.25, 0.3) is 0 Å². The molecule has 2 rings (SSSR count). The van der Waals surface area contributed by atoms with Crippen LogP contribution in [0.3, 0.4) is 0 Å². The molecule has 1 unspecified atom stereocenters. The predicted molar refractivity (Wildman–Crippen MR) is 79.5 cm³/mol. The number of methoxy groups -OCH3 is 1. The third kappa shape index (κ3) is 5.83. The Hall–Kier alpha value is -1.30. The van der Waals surface area contributed by atoms with Crippen LogP contribution in [0.4, 0.5) is 0 Å². The Bertz CT molecular complexity index is 446. The highest BCUT2D eigenvalue weighted by molar-refractivity contribution is 5.89. The summed E-state index contributed by atoms with van der Waals surface area (Å²) in [6.45, 7) is 0.780. The number of benzene rings is 1. The Morgan fingerprint density at radius 3 is 2.55 bits per heavy atom. The molecule has 1 aromatic carbocycles. The van der Waals surface area contributed by atoms with Crippen molar-refractivity contribution in [3.8, 4) is 5.75 Å². The largest absolute Gasteiger partial charge is 1.00 e. The minimum Gasteiger partial charge on any atom is -1.00 e. The molecule has 1 atom stereocenters. The first-order chi connectivity index (χ1) is 10.2. The maximum absolute atomic E-state index is 11.3. The monoisotopic (exact) mass is 328 g/mol. The van der Waals surface area contributed by atoms with E-state index >= 15 is 0 Å². The Labute approximate surface area is 137 Å². The van der Waals surface area contributed by atoms with Crippen molar-refractivity contribution in [1.82, 2.24) is 5.32 Å². The lowest BCUT2D eigenvalue weighted by Crippen LogP contribution is -3.00. The minimum absolute atomic E-state index is 0. The van der Waals surface area contributed by atoms with E-state index in [1.165, 1.54) is 32.8 Å². The van der Waals surface area contributed by atoms with Crippen LogP contribution in [-0.2, 0) is 4.74 Å². The van der Waals surface area contributed by atoms with Gasteiger partial charge in [0.1, 0.15) is 18.5 Å². The van der Waals surface area contributed by atoms with Crippen LogP contribution in [0.5, 0.6) is 5.75 Å². The summed E-state index contributed by atoms with van der Waals surface area (Å²) in [5, 5.41) is 13.2. The lowest BCUT2D eigenvalue weighted by atomic mass is 10.2. The SMILES string of the molecule is COC(=O)c1ccc(OCC(O)CNC2CCCC2)cc1.[Cl-]. The topological polar surface area (TPSA) is 67.8 Å². The summed E-state index contributed by atoms with van der Waals surface area (Å²) < 4.78 is 10.1. The van der Waals surface area contributed by atoms with Gasteiger partial charge in [0.15, 0.2) is 0 Å². The fourth-order valence-corrected chi connectivity index (χ4v) is 2.49. The number of esters is 1. The summed E-state index contributed by atoms with van der Waals surface area (Å²) >= 11 is 0. The highest BCUT2D eigenvalue weighted by atomic mass is 35.5. The van der Waals surface area contributed by atoms with Gasteiger partial charge in [-0.3, -0.25) is 0 Å². The van der Waals surface area contributed by atoms with E-state index in [-0.39, 0.29) is 25.0 Å². The van der Waals surface area contributed by atoms with E-state index in [4.69, 9.17) is 4.74 Å². The van der Waals surface area contributed by atoms with Gasteiger partial charge in [0, 0.05) is 12.6 Å². The molecular weight excluding hydrogens is 306 g/mol. The first kappa shape index (κ1) is 18.7. The molecule has 0 radical (unpaired) electrons. The third-order valence-corrected chi connectivity index (χ3v) is 3.72. The molecule has 22 heavy (non-hydrogen) atoms. The Kier molecular flexibility index (Phi) is 8.24. The van der Waals surface area contributed by atoms with Crippen LogP contribution >= 0.6 is 0 Å². The molecule has 2 N–H and O–H groups in total. The second-order valence-corrected chi connectivity index (χ2v) is 5.37. The molecule has 1 aliphatic carbocycles. The van der Waals surface area contributed by atoms with E-state index in [0.29, 0.717) is 23.9 Å². The van der Waals surface area contributed by atoms with E-state index in [1.807, 2.05) is 0 Å². The smallest absolute Gasteiger partial charge is 0.337 e. The summed E-state index contributed by atoms with van der Waals surface area (Å²) in [6.07, 6.45) is 4.41. The summed E-state index contributed by atoms with van der Waals surface area (Å²) in [6, 6.07) is 7.22. The molecule has 0 bridgehead atoms. The highest BCUT2D eigenvalue weighted by Gasteiger charge is 2.15. The number of ether oxygens (including phenoxy) is 2. The van der Waals surface area contributed by atoms with Crippen molar-refractivity contribution in [3.63, 3.8) is 0 Å². The summed E-state index contributed by atoms with van der Waals surface area (Å²) in [4.78, 5) is 11.3. The van der Waals surface area contributed by atoms with Crippen molar-refractivity contribution in [3.05, 3.63) is 29.8 Å². The predicted octanol–water partition coefficient (Wildman–Crippen LogP) is -1.25. The molecule has 124 valence electrons. The molecule has 1 aliphatic rings. The molecular formula is C16H23ClNO4-. The fourth-order valence-electron chi connectivity index (χ4n) is 2.49. The van der Waals surface area contributed by atoms with Crippen LogP contribution in [0.2, 0.25) is 0 Å². The van der Waals surface area contributed by atoms with Crippen molar-refractivity contribution in [1.29, 1.82) is 0 Å². The van der Waals surface area contributed by atoms with Gasteiger partial charge < -0.3 is 32.3 Å². The molecule has 6 heteroatoms. The van der Waals surface area contributed by atoms with Gasteiger partial charge in [-0.15, -0.1) is 0 Å². The Morgan fingerprint density at radius 2 is 1.95 bits per heavy atom. The molecule has 1 saturated carbocycles. The molecule has 0 amide bonds. The van der Waals surface area contributed by atoms with E-state index in [2.05, 4.69) is 10.1 Å². The zero-order valence-corrected chi connectivity index (χ0v) is 13.5. The van der Waals surface area contributed by atoms with Gasteiger partial charge in [0.05, 0.1) is 12.7 Å². The number of carbonyl (C=O) groups is 1. The van der Waals surface area contributed by atoms with Crippen molar-refractivity contribution < 1.29 is 31.8 Å². The van der Waals surface area contributed by atoms with Crippen LogP contribution in [0, 0.1) is 0 Å². The van der Waals surface area contributed by atoms with Gasteiger partial charge in [0.25, 0.3) is 0 Å². The second kappa shape index (κ2) is 9.66. The van der Waals surface area contributed by atoms with Crippen LogP contribution < -0.4 is 22.5 Å². The van der Waals surface area contributed by atoms with Gasteiger partial charge in [-0.25, -0.2) is 4.79 Å². The van der Waals surface area contributed by atoms with Gasteiger partial charge in [0.2, 0.25) is 0 Å². The standard InChI is InChI=1S/C16H23NO4.ClH/c1-20-16(19)12-6-8-15(9-7-12)21-11-14(18)10-17-13-4-2-3-5-13;/h6-9,13-14,17-18H,2-5,10-11H2,1H3;1H/p-1. The summed E-state index contributed by atoms with van der Waals surface area (Å²) in [7, 11) is 1.35. The lowest BCUT2D eigenvalue weighted by molar-refractivity contribution is -0.0000207. The number of nitrogens with one attached hydrogen (secondary N) is 1. The maximum Gasteiger partial charge on any atom is 0.337 e. The Balaban J connectivity index is 0.00000242. The van der Waals surface area contributed by atoms with Gasteiger partial charge in [-0.1, -0.05) is 12.8 Å². The number of halogens is 1. The molecule has 0 spiro atoms. The molecule has 5 nitrogen and oxygen atoms in total. The molecule has 1 aromatic rings. The quantitative estimate of drug-likeness (QED) is 0.612. The third-order valence-electron chi connectivity index (χ3n) is 3.72. The number of hydrogen-bond donors (Lipinski definition) is 2. The zero-order valence-electron chi connectivity index (χ0n) is 12.8. The van der Waals surface area contributed by atoms with Gasteiger partial charge >= 0.3 is 5.97 Å². The molecule has 1 fully saturated rings. The maximum atomic E-state index is 11.3. The zero-order chi connectivity index (χ0) is 15.1. The highest BCUT2D eigenvalue weighted by Crippen LogP contribution is 2.17. The summed E-state index contributed by atoms with van der Waals surface area (Å²) in [5.41, 5.74) is 0.480. The van der Waals surface area contributed by atoms with E-state index in [9.17, 15) is 9.90 Å². The Morgan fingerprint density at radius 1 is 1.32 bits per heavy atom. The first-order valence-corrected chi connectivity index (χ1v) is 7.41. The molecule has 0 aliphatic heterocycles. The lowest BCUT2D eigenvalue weighted by Gasteiger charge is -2.16. The number of rotatable bonds is 7. The van der Waals surface area contributed by atoms with Gasteiger partial charge in [-0.2, -0.15) is 0 Å². The van der Waals surface area contributed by atoms with Crippen LogP contribution in [0.15, 0.2) is 24.3 Å². The molecule has 0 aromatic heterocycles. The van der Waals surface area contributed by atoms with Crippen molar-refractivity contribution >= 4 is 5.97 Å². The molecule has 0 saturated heterocycles. The van der Waals surface area contributed by atoms with Crippen LogP contribution in [0.1, 0.15) is 36.0 Å². The van der Waals surface area contributed by atoms with E-state index in [0.717, 1.165) is 0 Å². The second-order valence-electron chi connectivity index (χ2n) is 5.37. The van der Waals surface area contributed by atoms with E-state index < -0.39 is 6.10 Å². The number of aliphatic hydroxyl groups excluding tert-OH is 1. The number of aliphatic hydroxyl groups is 1. The van der Waals surface area contributed by atoms with Crippen molar-refractivity contribution in [2.75, 3.05) is 20.3 Å². The average Bonchev–Trinajstić information content (AvgIpc) is 3.04. The summed E-state index contributed by atoms with van der Waals surface area (Å²) in [5.74, 6) is 0.255. The average molecular weight is 329 g/mol.